The normalized spacial score (nSPS) is 19.3. The van der Waals surface area contributed by atoms with Crippen LogP contribution in [-0.2, 0) is 0 Å². The zero-order chi connectivity index (χ0) is 12.5. The van der Waals surface area contributed by atoms with Crippen molar-refractivity contribution in [2.75, 3.05) is 25.0 Å². The molecule has 0 aliphatic carbocycles. The fraction of sp³-hybridized carbons (Fsp3) is 0.357. The lowest BCUT2D eigenvalue weighted by atomic mass is 10.1. The Kier molecular flexibility index (Phi) is 2.88. The number of benzene rings is 1. The smallest absolute Gasteiger partial charge is 0.142 e. The molecule has 0 saturated carbocycles. The number of nitrogens with zero attached hydrogens (tertiary/aromatic N) is 2. The summed E-state index contributed by atoms with van der Waals surface area (Å²) in [4.78, 5) is 6.36. The Bertz CT molecular complexity index is 564. The highest BCUT2D eigenvalue weighted by atomic mass is 19.1. The van der Waals surface area contributed by atoms with Gasteiger partial charge in [-0.3, -0.25) is 4.98 Å². The van der Waals surface area contributed by atoms with Gasteiger partial charge in [0.25, 0.3) is 0 Å². The molecule has 2 heterocycles. The van der Waals surface area contributed by atoms with Gasteiger partial charge >= 0.3 is 0 Å². The largest absolute Gasteiger partial charge is 0.370 e. The molecule has 1 aromatic heterocycles. The number of rotatable bonds is 2. The van der Waals surface area contributed by atoms with Gasteiger partial charge in [0.1, 0.15) is 5.82 Å². The van der Waals surface area contributed by atoms with Crippen LogP contribution in [0.2, 0.25) is 0 Å². The molecule has 94 valence electrons. The summed E-state index contributed by atoms with van der Waals surface area (Å²) in [6.07, 6.45) is 2.39. The Hall–Kier alpha value is -1.68. The average Bonchev–Trinajstić information content (AvgIpc) is 2.91. The second-order valence-corrected chi connectivity index (χ2v) is 4.75. The summed E-state index contributed by atoms with van der Waals surface area (Å²) >= 11 is 0. The average molecular weight is 245 g/mol. The molecule has 18 heavy (non-hydrogen) atoms. The molecule has 4 heteroatoms. The van der Waals surface area contributed by atoms with Crippen molar-refractivity contribution in [1.82, 2.24) is 10.3 Å². The molecule has 0 amide bonds. The summed E-state index contributed by atoms with van der Waals surface area (Å²) < 4.78 is 13.4. The first kappa shape index (κ1) is 11.4. The van der Waals surface area contributed by atoms with Crippen LogP contribution in [0.4, 0.5) is 10.1 Å². The SMILES string of the molecule is CN(c1cccc2ncc(F)cc12)[C@H]1CCNC1. The molecule has 1 N–H and O–H groups in total. The summed E-state index contributed by atoms with van der Waals surface area (Å²) in [6, 6.07) is 7.96. The van der Waals surface area contributed by atoms with E-state index in [1.165, 1.54) is 6.20 Å². The number of pyridine rings is 1. The van der Waals surface area contributed by atoms with Crippen LogP contribution >= 0.6 is 0 Å². The predicted molar refractivity (Wildman–Crippen MR) is 71.4 cm³/mol. The van der Waals surface area contributed by atoms with Gasteiger partial charge in [0.15, 0.2) is 0 Å². The summed E-state index contributed by atoms with van der Waals surface area (Å²) in [7, 11) is 2.07. The third-order valence-corrected chi connectivity index (χ3v) is 3.63. The standard InChI is InChI=1S/C14H16FN3/c1-18(11-5-6-16-9-11)14-4-2-3-13-12(14)7-10(15)8-17-13/h2-4,7-8,11,16H,5-6,9H2,1H3/t11-/m0/s1. The molecule has 3 nitrogen and oxygen atoms in total. The lowest BCUT2D eigenvalue weighted by Crippen LogP contribution is -2.33. The molecule has 1 fully saturated rings. The molecule has 0 unspecified atom stereocenters. The fourth-order valence-electron chi connectivity index (χ4n) is 2.58. The highest BCUT2D eigenvalue weighted by molar-refractivity contribution is 5.91. The summed E-state index contributed by atoms with van der Waals surface area (Å²) in [5.41, 5.74) is 1.89. The van der Waals surface area contributed by atoms with Crippen LogP contribution in [0.15, 0.2) is 30.5 Å². The number of anilines is 1. The van der Waals surface area contributed by atoms with Crippen LogP contribution in [0.3, 0.4) is 0 Å². The van der Waals surface area contributed by atoms with E-state index >= 15 is 0 Å². The minimum absolute atomic E-state index is 0.284. The number of halogens is 1. The Labute approximate surface area is 106 Å². The van der Waals surface area contributed by atoms with Crippen molar-refractivity contribution < 1.29 is 4.39 Å². The highest BCUT2D eigenvalue weighted by Crippen LogP contribution is 2.27. The molecule has 3 rings (SSSR count). The summed E-state index contributed by atoms with van der Waals surface area (Å²) in [5, 5.41) is 4.23. The van der Waals surface area contributed by atoms with Gasteiger partial charge in [-0.2, -0.15) is 0 Å². The van der Waals surface area contributed by atoms with Gasteiger partial charge in [-0.25, -0.2) is 4.39 Å². The Balaban J connectivity index is 2.07. The number of likely N-dealkylation sites (N-methyl/N-ethyl adjacent to an activating group) is 1. The fourth-order valence-corrected chi connectivity index (χ4v) is 2.58. The first-order valence-electron chi connectivity index (χ1n) is 6.23. The quantitative estimate of drug-likeness (QED) is 0.879. The van der Waals surface area contributed by atoms with E-state index < -0.39 is 0 Å². The third kappa shape index (κ3) is 1.93. The monoisotopic (exact) mass is 245 g/mol. The number of hydrogen-bond donors (Lipinski definition) is 1. The highest BCUT2D eigenvalue weighted by Gasteiger charge is 2.20. The number of nitrogens with one attached hydrogen (secondary N) is 1. The van der Waals surface area contributed by atoms with Crippen molar-refractivity contribution in [3.05, 3.63) is 36.3 Å². The lowest BCUT2D eigenvalue weighted by Gasteiger charge is -2.27. The maximum atomic E-state index is 13.4. The molecule has 0 bridgehead atoms. The lowest BCUT2D eigenvalue weighted by molar-refractivity contribution is 0.624. The first-order chi connectivity index (χ1) is 8.75. The number of fused-ring (bicyclic) bond motifs is 1. The molecule has 1 saturated heterocycles. The van der Waals surface area contributed by atoms with Crippen molar-refractivity contribution in [1.29, 1.82) is 0 Å². The molecule has 0 spiro atoms. The molecule has 1 aliphatic rings. The Morgan fingerprint density at radius 3 is 3.11 bits per heavy atom. The van der Waals surface area contributed by atoms with E-state index in [4.69, 9.17) is 0 Å². The van der Waals surface area contributed by atoms with E-state index in [2.05, 4.69) is 22.2 Å². The van der Waals surface area contributed by atoms with Crippen molar-refractivity contribution >= 4 is 16.6 Å². The topological polar surface area (TPSA) is 28.2 Å². The van der Waals surface area contributed by atoms with Gasteiger partial charge in [0.05, 0.1) is 11.7 Å². The van der Waals surface area contributed by atoms with Gasteiger partial charge < -0.3 is 10.2 Å². The van der Waals surface area contributed by atoms with Gasteiger partial charge in [0, 0.05) is 30.7 Å². The molecule has 1 aromatic carbocycles. The van der Waals surface area contributed by atoms with E-state index in [0.717, 1.165) is 36.1 Å². The Morgan fingerprint density at radius 2 is 2.33 bits per heavy atom. The summed E-state index contributed by atoms with van der Waals surface area (Å²) in [6.45, 7) is 2.03. The van der Waals surface area contributed by atoms with E-state index in [9.17, 15) is 4.39 Å². The third-order valence-electron chi connectivity index (χ3n) is 3.63. The molecule has 0 radical (unpaired) electrons. The first-order valence-corrected chi connectivity index (χ1v) is 6.23. The van der Waals surface area contributed by atoms with Crippen molar-refractivity contribution in [2.45, 2.75) is 12.5 Å². The van der Waals surface area contributed by atoms with Gasteiger partial charge in [-0.15, -0.1) is 0 Å². The minimum atomic E-state index is -0.284. The van der Waals surface area contributed by atoms with Crippen LogP contribution < -0.4 is 10.2 Å². The molecule has 1 atom stereocenters. The maximum absolute atomic E-state index is 13.4. The number of aromatic nitrogens is 1. The zero-order valence-corrected chi connectivity index (χ0v) is 10.4. The molecule has 2 aromatic rings. The van der Waals surface area contributed by atoms with Gasteiger partial charge in [-0.1, -0.05) is 6.07 Å². The van der Waals surface area contributed by atoms with E-state index in [1.54, 1.807) is 6.07 Å². The van der Waals surface area contributed by atoms with Crippen molar-refractivity contribution in [2.24, 2.45) is 0 Å². The maximum Gasteiger partial charge on any atom is 0.142 e. The Morgan fingerprint density at radius 1 is 1.44 bits per heavy atom. The zero-order valence-electron chi connectivity index (χ0n) is 10.4. The van der Waals surface area contributed by atoms with Crippen molar-refractivity contribution in [3.63, 3.8) is 0 Å². The number of hydrogen-bond acceptors (Lipinski definition) is 3. The van der Waals surface area contributed by atoms with Crippen molar-refractivity contribution in [3.8, 4) is 0 Å². The van der Waals surface area contributed by atoms with Crippen LogP contribution in [-0.4, -0.2) is 31.2 Å². The van der Waals surface area contributed by atoms with Gasteiger partial charge in [-0.05, 0) is 31.2 Å². The van der Waals surface area contributed by atoms with Gasteiger partial charge in [0.2, 0.25) is 0 Å². The van der Waals surface area contributed by atoms with E-state index in [1.807, 2.05) is 18.2 Å². The van der Waals surface area contributed by atoms with Crippen LogP contribution in [0.5, 0.6) is 0 Å². The van der Waals surface area contributed by atoms with Crippen LogP contribution in [0.25, 0.3) is 10.9 Å². The van der Waals surface area contributed by atoms with Crippen LogP contribution in [0, 0.1) is 5.82 Å². The van der Waals surface area contributed by atoms with E-state index in [-0.39, 0.29) is 5.82 Å². The minimum Gasteiger partial charge on any atom is -0.370 e. The predicted octanol–water partition coefficient (Wildman–Crippen LogP) is 2.17. The summed E-state index contributed by atoms with van der Waals surface area (Å²) in [5.74, 6) is -0.284. The van der Waals surface area contributed by atoms with E-state index in [0.29, 0.717) is 6.04 Å². The van der Waals surface area contributed by atoms with Crippen LogP contribution in [0.1, 0.15) is 6.42 Å². The second-order valence-electron chi connectivity index (χ2n) is 4.75. The second kappa shape index (κ2) is 4.53. The molecular weight excluding hydrogens is 229 g/mol. The molecule has 1 aliphatic heterocycles. The molecular formula is C14H16FN3.